The number of para-hydroxylation sites is 1. The Morgan fingerprint density at radius 1 is 1.21 bits per heavy atom. The molecule has 0 saturated carbocycles. The van der Waals surface area contributed by atoms with Crippen molar-refractivity contribution in [2.45, 2.75) is 26.7 Å². The molecule has 2 rings (SSSR count). The molecule has 2 aromatic rings. The summed E-state index contributed by atoms with van der Waals surface area (Å²) in [5.74, 6) is 0.991. The zero-order valence-corrected chi connectivity index (χ0v) is 13.0. The largest absolute Gasteiger partial charge is 0.325 e. The first-order chi connectivity index (χ1) is 9.22. The molecule has 100 valence electrons. The Balaban J connectivity index is 2.37. The van der Waals surface area contributed by atoms with Gasteiger partial charge in [0, 0.05) is 18.4 Å². The fourth-order valence-corrected chi connectivity index (χ4v) is 2.68. The van der Waals surface area contributed by atoms with E-state index < -0.39 is 0 Å². The number of hydrogen-bond acceptors (Lipinski definition) is 2. The van der Waals surface area contributed by atoms with Crippen molar-refractivity contribution in [1.29, 1.82) is 0 Å². The molecule has 0 saturated heterocycles. The van der Waals surface area contributed by atoms with Crippen molar-refractivity contribution in [2.75, 3.05) is 11.4 Å². The van der Waals surface area contributed by atoms with Gasteiger partial charge in [-0.3, -0.25) is 0 Å². The van der Waals surface area contributed by atoms with Gasteiger partial charge < -0.3 is 4.90 Å². The topological polar surface area (TPSA) is 16.1 Å². The van der Waals surface area contributed by atoms with Crippen molar-refractivity contribution in [3.8, 4) is 0 Å². The summed E-state index contributed by atoms with van der Waals surface area (Å²) >= 11 is 3.63. The second-order valence-corrected chi connectivity index (χ2v) is 5.51. The van der Waals surface area contributed by atoms with Crippen molar-refractivity contribution < 1.29 is 0 Å². The van der Waals surface area contributed by atoms with E-state index in [1.54, 1.807) is 0 Å². The SMILES string of the molecule is CCCCN(c1ccccc1)c1ncc(C)cc1Br. The van der Waals surface area contributed by atoms with Crippen molar-refractivity contribution in [2.24, 2.45) is 0 Å². The summed E-state index contributed by atoms with van der Waals surface area (Å²) in [4.78, 5) is 6.86. The number of unbranched alkanes of at least 4 members (excludes halogenated alkanes) is 1. The van der Waals surface area contributed by atoms with Crippen LogP contribution in [0.2, 0.25) is 0 Å². The number of nitrogens with zero attached hydrogens (tertiary/aromatic N) is 2. The van der Waals surface area contributed by atoms with Crippen LogP contribution in [-0.4, -0.2) is 11.5 Å². The van der Waals surface area contributed by atoms with Crippen LogP contribution in [0.1, 0.15) is 25.3 Å². The van der Waals surface area contributed by atoms with E-state index in [2.05, 4.69) is 70.0 Å². The van der Waals surface area contributed by atoms with Crippen LogP contribution in [0.5, 0.6) is 0 Å². The summed E-state index contributed by atoms with van der Waals surface area (Å²) in [5.41, 5.74) is 2.35. The number of hydrogen-bond donors (Lipinski definition) is 0. The number of pyridine rings is 1. The van der Waals surface area contributed by atoms with E-state index in [-0.39, 0.29) is 0 Å². The van der Waals surface area contributed by atoms with Crippen LogP contribution in [0.4, 0.5) is 11.5 Å². The van der Waals surface area contributed by atoms with Crippen LogP contribution in [0.3, 0.4) is 0 Å². The minimum absolute atomic E-state index is 0.981. The van der Waals surface area contributed by atoms with Gasteiger partial charge >= 0.3 is 0 Å². The zero-order valence-electron chi connectivity index (χ0n) is 11.4. The van der Waals surface area contributed by atoms with Crippen molar-refractivity contribution in [1.82, 2.24) is 4.98 Å². The molecular weight excluding hydrogens is 300 g/mol. The van der Waals surface area contributed by atoms with E-state index in [1.807, 2.05) is 12.3 Å². The van der Waals surface area contributed by atoms with Crippen molar-refractivity contribution >= 4 is 27.4 Å². The van der Waals surface area contributed by atoms with E-state index in [9.17, 15) is 0 Å². The van der Waals surface area contributed by atoms with E-state index in [1.165, 1.54) is 17.7 Å². The molecule has 2 nitrogen and oxygen atoms in total. The quantitative estimate of drug-likeness (QED) is 0.763. The van der Waals surface area contributed by atoms with Crippen LogP contribution >= 0.6 is 15.9 Å². The van der Waals surface area contributed by atoms with Crippen LogP contribution < -0.4 is 4.90 Å². The number of aryl methyl sites for hydroxylation is 1. The molecule has 3 heteroatoms. The first-order valence-electron chi connectivity index (χ1n) is 6.67. The lowest BCUT2D eigenvalue weighted by Gasteiger charge is -2.25. The third-order valence-corrected chi connectivity index (χ3v) is 3.60. The normalized spacial score (nSPS) is 10.5. The molecule has 0 aliphatic carbocycles. The Kier molecular flexibility index (Phi) is 4.97. The van der Waals surface area contributed by atoms with Crippen molar-refractivity contribution in [3.63, 3.8) is 0 Å². The number of benzene rings is 1. The van der Waals surface area contributed by atoms with Crippen LogP contribution in [0.15, 0.2) is 47.1 Å². The van der Waals surface area contributed by atoms with Gasteiger partial charge in [-0.15, -0.1) is 0 Å². The Morgan fingerprint density at radius 3 is 2.58 bits per heavy atom. The number of halogens is 1. The summed E-state index contributed by atoms with van der Waals surface area (Å²) in [6.45, 7) is 5.25. The number of anilines is 2. The summed E-state index contributed by atoms with van der Waals surface area (Å²) in [5, 5.41) is 0. The van der Waals surface area contributed by atoms with Gasteiger partial charge in [-0.25, -0.2) is 4.98 Å². The predicted octanol–water partition coefficient (Wildman–Crippen LogP) is 5.09. The lowest BCUT2D eigenvalue weighted by molar-refractivity contribution is 0.778. The third kappa shape index (κ3) is 3.57. The van der Waals surface area contributed by atoms with Crippen LogP contribution in [-0.2, 0) is 0 Å². The first-order valence-corrected chi connectivity index (χ1v) is 7.46. The summed E-state index contributed by atoms with van der Waals surface area (Å²) in [6.07, 6.45) is 4.24. The fourth-order valence-electron chi connectivity index (χ4n) is 2.01. The van der Waals surface area contributed by atoms with E-state index >= 15 is 0 Å². The third-order valence-electron chi connectivity index (χ3n) is 3.02. The standard InChI is InChI=1S/C16H19BrN2/c1-3-4-10-19(14-8-6-5-7-9-14)16-15(17)11-13(2)12-18-16/h5-9,11-12H,3-4,10H2,1-2H3. The summed E-state index contributed by atoms with van der Waals surface area (Å²) in [7, 11) is 0. The molecule has 0 bridgehead atoms. The Morgan fingerprint density at radius 2 is 1.95 bits per heavy atom. The Labute approximate surface area is 123 Å². The van der Waals surface area contributed by atoms with Gasteiger partial charge in [0.25, 0.3) is 0 Å². The van der Waals surface area contributed by atoms with E-state index in [4.69, 9.17) is 0 Å². The number of rotatable bonds is 5. The molecule has 0 radical (unpaired) electrons. The first kappa shape index (κ1) is 14.1. The lowest BCUT2D eigenvalue weighted by Crippen LogP contribution is -2.20. The predicted molar refractivity (Wildman–Crippen MR) is 85.0 cm³/mol. The highest BCUT2D eigenvalue weighted by molar-refractivity contribution is 9.10. The van der Waals surface area contributed by atoms with Gasteiger partial charge in [-0.2, -0.15) is 0 Å². The maximum Gasteiger partial charge on any atom is 0.147 e. The maximum absolute atomic E-state index is 4.59. The van der Waals surface area contributed by atoms with Crippen LogP contribution in [0.25, 0.3) is 0 Å². The van der Waals surface area contributed by atoms with Gasteiger partial charge in [0.05, 0.1) is 4.47 Å². The summed E-state index contributed by atoms with van der Waals surface area (Å²) < 4.78 is 1.05. The molecule has 0 spiro atoms. The second kappa shape index (κ2) is 6.71. The Hall–Kier alpha value is -1.35. The average Bonchev–Trinajstić information content (AvgIpc) is 2.42. The minimum atomic E-state index is 0.981. The van der Waals surface area contributed by atoms with E-state index in [0.29, 0.717) is 0 Å². The van der Waals surface area contributed by atoms with Gasteiger partial charge in [0.1, 0.15) is 5.82 Å². The Bertz CT molecular complexity index is 526. The van der Waals surface area contributed by atoms with Gasteiger partial charge in [-0.05, 0) is 53.0 Å². The molecule has 0 fully saturated rings. The second-order valence-electron chi connectivity index (χ2n) is 4.66. The fraction of sp³-hybridized carbons (Fsp3) is 0.312. The highest BCUT2D eigenvalue weighted by Crippen LogP contribution is 2.30. The van der Waals surface area contributed by atoms with Gasteiger partial charge in [0.15, 0.2) is 0 Å². The number of aromatic nitrogens is 1. The maximum atomic E-state index is 4.59. The zero-order chi connectivity index (χ0) is 13.7. The van der Waals surface area contributed by atoms with E-state index in [0.717, 1.165) is 23.3 Å². The molecular formula is C16H19BrN2. The molecule has 0 amide bonds. The smallest absolute Gasteiger partial charge is 0.147 e. The van der Waals surface area contributed by atoms with Gasteiger partial charge in [0.2, 0.25) is 0 Å². The molecule has 1 heterocycles. The minimum Gasteiger partial charge on any atom is -0.325 e. The lowest BCUT2D eigenvalue weighted by atomic mass is 10.2. The van der Waals surface area contributed by atoms with Crippen molar-refractivity contribution in [3.05, 3.63) is 52.6 Å². The molecule has 0 aliphatic rings. The molecule has 0 aliphatic heterocycles. The molecule has 1 aromatic heterocycles. The molecule has 1 aromatic carbocycles. The summed E-state index contributed by atoms with van der Waals surface area (Å²) in [6, 6.07) is 12.5. The highest BCUT2D eigenvalue weighted by Gasteiger charge is 2.13. The molecule has 0 N–H and O–H groups in total. The highest BCUT2D eigenvalue weighted by atomic mass is 79.9. The molecule has 0 unspecified atom stereocenters. The monoisotopic (exact) mass is 318 g/mol. The van der Waals surface area contributed by atoms with Crippen LogP contribution in [0, 0.1) is 6.92 Å². The molecule has 19 heavy (non-hydrogen) atoms. The average molecular weight is 319 g/mol. The molecule has 0 atom stereocenters. The van der Waals surface area contributed by atoms with Gasteiger partial charge in [-0.1, -0.05) is 31.5 Å².